The van der Waals surface area contributed by atoms with E-state index in [1.54, 1.807) is 25.3 Å². The lowest BCUT2D eigenvalue weighted by Gasteiger charge is -2.13. The summed E-state index contributed by atoms with van der Waals surface area (Å²) in [7, 11) is 4.94. The zero-order valence-electron chi connectivity index (χ0n) is 12.3. The molecule has 2 rings (SSSR count). The van der Waals surface area contributed by atoms with Crippen LogP contribution in [0.15, 0.2) is 27.4 Å². The lowest BCUT2D eigenvalue weighted by Crippen LogP contribution is -2.22. The molecular weight excluding hydrogens is 270 g/mol. The molecule has 110 valence electrons. The maximum atomic E-state index is 12.0. The van der Waals surface area contributed by atoms with Crippen LogP contribution < -0.4 is 15.1 Å². The van der Waals surface area contributed by atoms with Gasteiger partial charge in [-0.2, -0.15) is 0 Å². The van der Waals surface area contributed by atoms with E-state index >= 15 is 0 Å². The van der Waals surface area contributed by atoms with E-state index in [-0.39, 0.29) is 5.63 Å². The highest BCUT2D eigenvalue weighted by Gasteiger charge is 2.12. The Labute approximate surface area is 123 Å². The van der Waals surface area contributed by atoms with Gasteiger partial charge < -0.3 is 13.9 Å². The fourth-order valence-corrected chi connectivity index (χ4v) is 2.10. The largest absolute Gasteiger partial charge is 0.493 e. The zero-order valence-corrected chi connectivity index (χ0v) is 12.3. The van der Waals surface area contributed by atoms with Gasteiger partial charge in [0.05, 0.1) is 26.3 Å². The minimum Gasteiger partial charge on any atom is -0.493 e. The summed E-state index contributed by atoms with van der Waals surface area (Å²) in [5, 5.41) is 0.774. The van der Waals surface area contributed by atoms with Gasteiger partial charge in [-0.25, -0.2) is 4.79 Å². The summed E-state index contributed by atoms with van der Waals surface area (Å²) >= 11 is 0. The lowest BCUT2D eigenvalue weighted by atomic mass is 10.1. The van der Waals surface area contributed by atoms with Gasteiger partial charge in [0.1, 0.15) is 5.58 Å². The Hall–Kier alpha value is -2.45. The van der Waals surface area contributed by atoms with E-state index in [1.807, 2.05) is 11.9 Å². The number of methoxy groups -OCH3 is 2. The molecule has 1 aromatic carbocycles. The third-order valence-corrected chi connectivity index (χ3v) is 3.11. The molecule has 0 atom stereocenters. The molecule has 0 radical (unpaired) electrons. The third kappa shape index (κ3) is 3.18. The minimum absolute atomic E-state index is 0.376. The van der Waals surface area contributed by atoms with Gasteiger partial charge in [0.2, 0.25) is 0 Å². The van der Waals surface area contributed by atoms with E-state index in [1.165, 1.54) is 7.11 Å². The van der Waals surface area contributed by atoms with Gasteiger partial charge in [-0.1, -0.05) is 5.92 Å². The number of nitrogens with zero attached hydrogens (tertiary/aromatic N) is 1. The van der Waals surface area contributed by atoms with Crippen LogP contribution in [0.5, 0.6) is 11.5 Å². The van der Waals surface area contributed by atoms with Crippen molar-refractivity contribution in [1.82, 2.24) is 4.90 Å². The van der Waals surface area contributed by atoms with Gasteiger partial charge in [-0.3, -0.25) is 4.90 Å². The van der Waals surface area contributed by atoms with Crippen LogP contribution in [0.1, 0.15) is 5.56 Å². The Kier molecular flexibility index (Phi) is 4.51. The molecule has 5 nitrogen and oxygen atoms in total. The summed E-state index contributed by atoms with van der Waals surface area (Å²) in [5.74, 6) is 3.64. The van der Waals surface area contributed by atoms with Crippen LogP contribution in [-0.4, -0.2) is 32.7 Å². The van der Waals surface area contributed by atoms with E-state index in [2.05, 4.69) is 5.92 Å². The van der Waals surface area contributed by atoms with Crippen molar-refractivity contribution in [3.63, 3.8) is 0 Å². The van der Waals surface area contributed by atoms with Crippen LogP contribution in [0, 0.1) is 12.3 Å². The SMILES string of the molecule is C#CCN(C)Cc1cc2cc(OC)c(OC)cc2oc1=O. The topological polar surface area (TPSA) is 51.9 Å². The summed E-state index contributed by atoms with van der Waals surface area (Å²) in [6.45, 7) is 0.889. The highest BCUT2D eigenvalue weighted by molar-refractivity contribution is 5.81. The van der Waals surface area contributed by atoms with E-state index in [0.717, 1.165) is 5.39 Å². The second-order valence-corrected chi connectivity index (χ2v) is 4.68. The lowest BCUT2D eigenvalue weighted by molar-refractivity contribution is 0.353. The Balaban J connectivity index is 2.49. The molecular formula is C16H17NO4. The van der Waals surface area contributed by atoms with Crippen molar-refractivity contribution in [2.45, 2.75) is 6.54 Å². The number of terminal acetylenes is 1. The van der Waals surface area contributed by atoms with Crippen molar-refractivity contribution in [2.75, 3.05) is 27.8 Å². The molecule has 0 bridgehead atoms. The molecule has 2 aromatic rings. The number of benzene rings is 1. The zero-order chi connectivity index (χ0) is 15.4. The maximum absolute atomic E-state index is 12.0. The molecule has 0 aliphatic heterocycles. The van der Waals surface area contributed by atoms with Crippen LogP contribution >= 0.6 is 0 Å². The van der Waals surface area contributed by atoms with Gasteiger partial charge >= 0.3 is 5.63 Å². The first kappa shape index (κ1) is 14.9. The fraction of sp³-hybridized carbons (Fsp3) is 0.312. The van der Waals surface area contributed by atoms with Crippen LogP contribution in [0.4, 0.5) is 0 Å². The fourth-order valence-electron chi connectivity index (χ4n) is 2.10. The molecule has 0 saturated carbocycles. The Morgan fingerprint density at radius 1 is 1.24 bits per heavy atom. The van der Waals surface area contributed by atoms with Gasteiger partial charge in [0.15, 0.2) is 11.5 Å². The summed E-state index contributed by atoms with van der Waals surface area (Å²) in [6.07, 6.45) is 5.26. The summed E-state index contributed by atoms with van der Waals surface area (Å²) in [4.78, 5) is 13.9. The average molecular weight is 287 g/mol. The van der Waals surface area contributed by atoms with Gasteiger partial charge in [0.25, 0.3) is 0 Å². The molecule has 0 unspecified atom stereocenters. The van der Waals surface area contributed by atoms with Crippen molar-refractivity contribution in [2.24, 2.45) is 0 Å². The van der Waals surface area contributed by atoms with Crippen molar-refractivity contribution in [3.05, 3.63) is 34.2 Å². The van der Waals surface area contributed by atoms with E-state index < -0.39 is 0 Å². The number of hydrogen-bond acceptors (Lipinski definition) is 5. The number of hydrogen-bond donors (Lipinski definition) is 0. The molecule has 21 heavy (non-hydrogen) atoms. The molecule has 0 amide bonds. The third-order valence-electron chi connectivity index (χ3n) is 3.11. The second-order valence-electron chi connectivity index (χ2n) is 4.68. The first-order chi connectivity index (χ1) is 10.1. The van der Waals surface area contributed by atoms with Crippen LogP contribution in [0.2, 0.25) is 0 Å². The molecule has 0 saturated heterocycles. The second kappa shape index (κ2) is 6.33. The van der Waals surface area contributed by atoms with Crippen LogP contribution in [0.25, 0.3) is 11.0 Å². The van der Waals surface area contributed by atoms with E-state index in [4.69, 9.17) is 20.3 Å². The Morgan fingerprint density at radius 3 is 2.52 bits per heavy atom. The summed E-state index contributed by atoms with van der Waals surface area (Å²) < 4.78 is 15.8. The Morgan fingerprint density at radius 2 is 1.90 bits per heavy atom. The van der Waals surface area contributed by atoms with Crippen LogP contribution in [-0.2, 0) is 6.54 Å². The van der Waals surface area contributed by atoms with Crippen molar-refractivity contribution in [3.8, 4) is 23.8 Å². The normalized spacial score (nSPS) is 10.6. The number of rotatable bonds is 5. The van der Waals surface area contributed by atoms with Gasteiger partial charge in [0, 0.05) is 18.0 Å². The monoisotopic (exact) mass is 287 g/mol. The van der Waals surface area contributed by atoms with Crippen molar-refractivity contribution >= 4 is 11.0 Å². The highest BCUT2D eigenvalue weighted by atomic mass is 16.5. The smallest absolute Gasteiger partial charge is 0.340 e. The quantitative estimate of drug-likeness (QED) is 0.621. The minimum atomic E-state index is -0.376. The number of ether oxygens (including phenoxy) is 2. The van der Waals surface area contributed by atoms with Crippen molar-refractivity contribution in [1.29, 1.82) is 0 Å². The molecule has 0 spiro atoms. The molecule has 1 aromatic heterocycles. The Bertz CT molecular complexity index is 742. The summed E-state index contributed by atoms with van der Waals surface area (Å²) in [6, 6.07) is 5.21. The first-order valence-electron chi connectivity index (χ1n) is 6.39. The van der Waals surface area contributed by atoms with Gasteiger partial charge in [-0.05, 0) is 19.2 Å². The predicted octanol–water partition coefficient (Wildman–Crippen LogP) is 1.88. The molecule has 5 heteroatoms. The van der Waals surface area contributed by atoms with E-state index in [0.29, 0.717) is 35.7 Å². The molecule has 0 N–H and O–H groups in total. The summed E-state index contributed by atoms with van der Waals surface area (Å²) in [5.41, 5.74) is 0.632. The van der Waals surface area contributed by atoms with Gasteiger partial charge in [-0.15, -0.1) is 6.42 Å². The molecule has 0 aliphatic carbocycles. The van der Waals surface area contributed by atoms with Crippen molar-refractivity contribution < 1.29 is 13.9 Å². The molecule has 1 heterocycles. The molecule has 0 fully saturated rings. The number of fused-ring (bicyclic) bond motifs is 1. The average Bonchev–Trinajstić information content (AvgIpc) is 2.47. The van der Waals surface area contributed by atoms with Crippen LogP contribution in [0.3, 0.4) is 0 Å². The predicted molar refractivity (Wildman–Crippen MR) is 80.8 cm³/mol. The first-order valence-corrected chi connectivity index (χ1v) is 6.39. The highest BCUT2D eigenvalue weighted by Crippen LogP contribution is 2.31. The standard InChI is InChI=1S/C16H17NO4/c1-5-6-17(2)10-12-7-11-8-14(19-3)15(20-4)9-13(11)21-16(12)18/h1,7-9H,6,10H2,2-4H3. The van der Waals surface area contributed by atoms with E-state index in [9.17, 15) is 4.79 Å². The molecule has 0 aliphatic rings. The maximum Gasteiger partial charge on any atom is 0.340 e.